The van der Waals surface area contributed by atoms with Gasteiger partial charge in [-0.3, -0.25) is 9.89 Å². The van der Waals surface area contributed by atoms with Crippen LogP contribution in [0.25, 0.3) is 0 Å². The molecule has 1 heterocycles. The van der Waals surface area contributed by atoms with Gasteiger partial charge in [-0.1, -0.05) is 6.92 Å². The number of guanidine groups is 1. The number of hydrogen-bond acceptors (Lipinski definition) is 3. The van der Waals surface area contributed by atoms with E-state index in [0.29, 0.717) is 4.75 Å². The predicted octanol–water partition coefficient (Wildman–Crippen LogP) is 2.26. The molecule has 1 saturated carbocycles. The smallest absolute Gasteiger partial charge is 0.194 e. The Morgan fingerprint density at radius 3 is 2.71 bits per heavy atom. The van der Waals surface area contributed by atoms with Gasteiger partial charge in [-0.15, -0.1) is 0 Å². The molecule has 0 unspecified atom stereocenters. The van der Waals surface area contributed by atoms with Crippen molar-refractivity contribution in [1.29, 1.82) is 0 Å². The van der Waals surface area contributed by atoms with Crippen molar-refractivity contribution >= 4 is 17.7 Å². The third-order valence-electron chi connectivity index (χ3n) is 4.18. The minimum absolute atomic E-state index is 0.331. The molecule has 122 valence electrons. The zero-order valence-corrected chi connectivity index (χ0v) is 15.0. The van der Waals surface area contributed by atoms with E-state index in [1.54, 1.807) is 0 Å². The third-order valence-corrected chi connectivity index (χ3v) is 5.48. The molecule has 0 amide bonds. The molecule has 0 radical (unpaired) electrons. The average Bonchev–Trinajstić information content (AvgIpc) is 3.26. The summed E-state index contributed by atoms with van der Waals surface area (Å²) in [4.78, 5) is 9.89. The summed E-state index contributed by atoms with van der Waals surface area (Å²) in [6.45, 7) is 15.4. The molecule has 1 aliphatic carbocycles. The molecule has 2 aliphatic rings. The van der Waals surface area contributed by atoms with Gasteiger partial charge < -0.3 is 10.2 Å². The Morgan fingerprint density at radius 1 is 1.38 bits per heavy atom. The summed E-state index contributed by atoms with van der Waals surface area (Å²) in [6.07, 6.45) is 2.77. The van der Waals surface area contributed by atoms with Crippen LogP contribution in [-0.4, -0.2) is 71.6 Å². The SMILES string of the molecule is CCNC(=NCCN(CC)C1CC1)N1CCSC(C)(C)C1. The Hall–Kier alpha value is -0.420. The molecule has 2 rings (SSSR count). The van der Waals surface area contributed by atoms with E-state index in [1.807, 2.05) is 0 Å². The number of nitrogens with one attached hydrogen (secondary N) is 1. The molecule has 21 heavy (non-hydrogen) atoms. The maximum atomic E-state index is 4.88. The van der Waals surface area contributed by atoms with E-state index in [0.717, 1.165) is 51.3 Å². The first-order chi connectivity index (χ1) is 10.1. The highest BCUT2D eigenvalue weighted by atomic mass is 32.2. The highest BCUT2D eigenvalue weighted by molar-refractivity contribution is 8.00. The van der Waals surface area contributed by atoms with E-state index in [2.05, 4.69) is 54.6 Å². The Bertz CT molecular complexity index is 352. The maximum Gasteiger partial charge on any atom is 0.194 e. The van der Waals surface area contributed by atoms with Gasteiger partial charge in [-0.2, -0.15) is 11.8 Å². The molecule has 5 heteroatoms. The molecule has 1 saturated heterocycles. The molecule has 4 nitrogen and oxygen atoms in total. The minimum Gasteiger partial charge on any atom is -0.357 e. The van der Waals surface area contributed by atoms with Crippen LogP contribution in [0.5, 0.6) is 0 Å². The van der Waals surface area contributed by atoms with E-state index in [-0.39, 0.29) is 0 Å². The largest absolute Gasteiger partial charge is 0.357 e. The van der Waals surface area contributed by atoms with Crippen LogP contribution in [0.4, 0.5) is 0 Å². The van der Waals surface area contributed by atoms with Gasteiger partial charge in [0.25, 0.3) is 0 Å². The van der Waals surface area contributed by atoms with Crippen molar-refractivity contribution in [1.82, 2.24) is 15.1 Å². The standard InChI is InChI=1S/C16H32N4S/c1-5-17-15(20-11-12-21-16(3,4)13-20)18-9-10-19(6-2)14-7-8-14/h14H,5-13H2,1-4H3,(H,17,18). The van der Waals surface area contributed by atoms with E-state index >= 15 is 0 Å². The molecule has 1 aliphatic heterocycles. The predicted molar refractivity (Wildman–Crippen MR) is 94.4 cm³/mol. The fourth-order valence-corrected chi connectivity index (χ4v) is 4.06. The first-order valence-corrected chi connectivity index (χ1v) is 9.45. The Kier molecular flexibility index (Phi) is 6.23. The summed E-state index contributed by atoms with van der Waals surface area (Å²) in [5.41, 5.74) is 0. The second-order valence-corrected chi connectivity index (χ2v) is 8.43. The molecule has 0 aromatic rings. The molecule has 1 N–H and O–H groups in total. The van der Waals surface area contributed by atoms with Crippen LogP contribution in [0.15, 0.2) is 4.99 Å². The van der Waals surface area contributed by atoms with Gasteiger partial charge in [0.2, 0.25) is 0 Å². The lowest BCUT2D eigenvalue weighted by atomic mass is 10.2. The van der Waals surface area contributed by atoms with Gasteiger partial charge in [0.15, 0.2) is 5.96 Å². The van der Waals surface area contributed by atoms with Gasteiger partial charge in [-0.25, -0.2) is 0 Å². The average molecular weight is 313 g/mol. The number of aliphatic imine (C=N–C) groups is 1. The zero-order chi connectivity index (χ0) is 15.3. The topological polar surface area (TPSA) is 30.9 Å². The van der Waals surface area contributed by atoms with Gasteiger partial charge in [0, 0.05) is 42.7 Å². The van der Waals surface area contributed by atoms with Crippen molar-refractivity contribution in [2.45, 2.75) is 51.3 Å². The molecule has 0 bridgehead atoms. The lowest BCUT2D eigenvalue weighted by molar-refractivity contribution is 0.285. The Balaban J connectivity index is 1.88. The number of rotatable bonds is 6. The monoisotopic (exact) mass is 312 g/mol. The molecular formula is C16H32N4S. The summed E-state index contributed by atoms with van der Waals surface area (Å²) in [5, 5.41) is 3.47. The molecule has 0 atom stereocenters. The number of thioether (sulfide) groups is 1. The first-order valence-electron chi connectivity index (χ1n) is 8.47. The van der Waals surface area contributed by atoms with Crippen molar-refractivity contribution in [3.8, 4) is 0 Å². The van der Waals surface area contributed by atoms with Crippen molar-refractivity contribution in [3.63, 3.8) is 0 Å². The van der Waals surface area contributed by atoms with Crippen LogP contribution < -0.4 is 5.32 Å². The molecular weight excluding hydrogens is 280 g/mol. The van der Waals surface area contributed by atoms with Crippen LogP contribution in [-0.2, 0) is 0 Å². The van der Waals surface area contributed by atoms with Crippen LogP contribution in [0.2, 0.25) is 0 Å². The Morgan fingerprint density at radius 2 is 2.14 bits per heavy atom. The molecule has 0 aromatic heterocycles. The molecule has 2 fully saturated rings. The second-order valence-electron chi connectivity index (χ2n) is 6.63. The van der Waals surface area contributed by atoms with Crippen LogP contribution in [0.3, 0.4) is 0 Å². The van der Waals surface area contributed by atoms with Crippen LogP contribution >= 0.6 is 11.8 Å². The van der Waals surface area contributed by atoms with Crippen molar-refractivity contribution in [2.24, 2.45) is 4.99 Å². The summed E-state index contributed by atoms with van der Waals surface area (Å²) in [6, 6.07) is 0.845. The quantitative estimate of drug-likeness (QED) is 0.602. The summed E-state index contributed by atoms with van der Waals surface area (Å²) in [7, 11) is 0. The van der Waals surface area contributed by atoms with E-state index in [4.69, 9.17) is 4.99 Å². The summed E-state index contributed by atoms with van der Waals surface area (Å²) in [5.74, 6) is 2.30. The normalized spacial score (nSPS) is 22.7. The van der Waals surface area contributed by atoms with Gasteiger partial charge in [-0.05, 0) is 40.2 Å². The number of nitrogens with zero attached hydrogens (tertiary/aromatic N) is 3. The molecule has 0 aromatic carbocycles. The fourth-order valence-electron chi connectivity index (χ4n) is 2.95. The molecule has 0 spiro atoms. The fraction of sp³-hybridized carbons (Fsp3) is 0.938. The van der Waals surface area contributed by atoms with Crippen molar-refractivity contribution < 1.29 is 0 Å². The summed E-state index contributed by atoms with van der Waals surface area (Å²) < 4.78 is 0.331. The van der Waals surface area contributed by atoms with Crippen molar-refractivity contribution in [3.05, 3.63) is 0 Å². The van der Waals surface area contributed by atoms with Crippen molar-refractivity contribution in [2.75, 3.05) is 45.0 Å². The lowest BCUT2D eigenvalue weighted by Crippen LogP contribution is -2.51. The summed E-state index contributed by atoms with van der Waals surface area (Å²) >= 11 is 2.07. The maximum absolute atomic E-state index is 4.88. The van der Waals surface area contributed by atoms with Gasteiger partial charge >= 0.3 is 0 Å². The van der Waals surface area contributed by atoms with Gasteiger partial charge in [0.05, 0.1) is 6.54 Å². The Labute approximate surface area is 134 Å². The highest BCUT2D eigenvalue weighted by Gasteiger charge is 2.29. The van der Waals surface area contributed by atoms with Crippen LogP contribution in [0, 0.1) is 0 Å². The van der Waals surface area contributed by atoms with E-state index in [9.17, 15) is 0 Å². The second kappa shape index (κ2) is 7.73. The lowest BCUT2D eigenvalue weighted by Gasteiger charge is -2.39. The number of likely N-dealkylation sites (N-methyl/N-ethyl adjacent to an activating group) is 1. The zero-order valence-electron chi connectivity index (χ0n) is 14.2. The third kappa shape index (κ3) is 5.37. The minimum atomic E-state index is 0.331. The van der Waals surface area contributed by atoms with Crippen LogP contribution in [0.1, 0.15) is 40.5 Å². The highest BCUT2D eigenvalue weighted by Crippen LogP contribution is 2.29. The van der Waals surface area contributed by atoms with Gasteiger partial charge in [0.1, 0.15) is 0 Å². The first kappa shape index (κ1) is 16.9. The van der Waals surface area contributed by atoms with E-state index in [1.165, 1.54) is 18.6 Å². The van der Waals surface area contributed by atoms with E-state index < -0.39 is 0 Å². The number of hydrogen-bond donors (Lipinski definition) is 1.